The molecule has 22 heavy (non-hydrogen) atoms. The molecule has 1 aromatic carbocycles. The quantitative estimate of drug-likeness (QED) is 0.792. The number of carbonyl (C=O) groups is 2. The average Bonchev–Trinajstić information content (AvgIpc) is 2.87. The number of anilines is 1. The smallest absolute Gasteiger partial charge is 0.293 e. The first-order valence-corrected chi connectivity index (χ1v) is 8.39. The van der Waals surface area contributed by atoms with Crippen LogP contribution in [0.1, 0.15) is 17.3 Å². The molecule has 0 spiro atoms. The lowest BCUT2D eigenvalue weighted by Gasteiger charge is -2.01. The van der Waals surface area contributed by atoms with Crippen LogP contribution >= 0.6 is 22.9 Å². The van der Waals surface area contributed by atoms with Gasteiger partial charge in [-0.25, -0.2) is 4.72 Å². The summed E-state index contributed by atoms with van der Waals surface area (Å²) in [6.07, 6.45) is 0. The van der Waals surface area contributed by atoms with Crippen LogP contribution in [0.2, 0.25) is 5.02 Å². The summed E-state index contributed by atoms with van der Waals surface area (Å²) in [4.78, 5) is 22.7. The topological polar surface area (TPSA) is 118 Å². The van der Waals surface area contributed by atoms with Crippen LogP contribution in [0.15, 0.2) is 28.6 Å². The van der Waals surface area contributed by atoms with Crippen molar-refractivity contribution in [1.82, 2.24) is 14.9 Å². The fourth-order valence-electron chi connectivity index (χ4n) is 1.37. The lowest BCUT2D eigenvalue weighted by atomic mass is 10.2. The van der Waals surface area contributed by atoms with Crippen LogP contribution in [-0.4, -0.2) is 30.4 Å². The zero-order chi connectivity index (χ0) is 16.3. The molecule has 1 aromatic heterocycles. The Labute approximate surface area is 134 Å². The van der Waals surface area contributed by atoms with Crippen molar-refractivity contribution in [2.45, 2.75) is 11.3 Å². The molecule has 0 aliphatic carbocycles. The first kappa shape index (κ1) is 16.3. The molecule has 8 nitrogen and oxygen atoms in total. The fraction of sp³-hybridized carbons (Fsp3) is 0.0909. The van der Waals surface area contributed by atoms with E-state index in [-0.39, 0.29) is 5.13 Å². The third-order valence-electron chi connectivity index (χ3n) is 2.24. The Kier molecular flexibility index (Phi) is 4.74. The highest BCUT2D eigenvalue weighted by Gasteiger charge is 2.22. The third-order valence-corrected chi connectivity index (χ3v) is 5.13. The van der Waals surface area contributed by atoms with E-state index in [1.165, 1.54) is 12.1 Å². The Bertz CT molecular complexity index is 817. The molecule has 0 fully saturated rings. The number of amides is 2. The van der Waals surface area contributed by atoms with Gasteiger partial charge < -0.3 is 0 Å². The largest absolute Gasteiger partial charge is 0.296 e. The third kappa shape index (κ3) is 4.00. The Morgan fingerprint density at radius 3 is 2.41 bits per heavy atom. The highest BCUT2D eigenvalue weighted by molar-refractivity contribution is 7.92. The summed E-state index contributed by atoms with van der Waals surface area (Å²) in [5.74, 6) is -1.24. The van der Waals surface area contributed by atoms with E-state index >= 15 is 0 Å². The van der Waals surface area contributed by atoms with Gasteiger partial charge in [0.05, 0.1) is 0 Å². The summed E-state index contributed by atoms with van der Waals surface area (Å²) in [6.45, 7) is 1.06. The second-order valence-corrected chi connectivity index (χ2v) is 7.27. The minimum absolute atomic E-state index is 0.0103. The predicted octanol–water partition coefficient (Wildman–Crippen LogP) is 1.27. The normalized spacial score (nSPS) is 11.0. The number of rotatable bonds is 4. The van der Waals surface area contributed by atoms with Crippen LogP contribution in [-0.2, 0) is 14.8 Å². The number of nitrogens with zero attached hydrogens (tertiary/aromatic N) is 2. The maximum Gasteiger partial charge on any atom is 0.293 e. The summed E-state index contributed by atoms with van der Waals surface area (Å²) in [6, 6.07) is 6.10. The van der Waals surface area contributed by atoms with Crippen LogP contribution in [0.3, 0.4) is 0 Å². The van der Waals surface area contributed by atoms with Crippen LogP contribution < -0.4 is 10.0 Å². The van der Waals surface area contributed by atoms with E-state index in [1.807, 2.05) is 0 Å². The summed E-state index contributed by atoms with van der Waals surface area (Å²) < 4.78 is 24.7. The van der Waals surface area contributed by atoms with Crippen molar-refractivity contribution >= 4 is 49.9 Å². The van der Waals surface area contributed by atoms with Crippen molar-refractivity contribution in [3.05, 3.63) is 34.9 Å². The summed E-state index contributed by atoms with van der Waals surface area (Å²) in [5.41, 5.74) is 0.325. The molecule has 11 heteroatoms. The van der Waals surface area contributed by atoms with Crippen molar-refractivity contribution in [1.29, 1.82) is 0 Å². The maximum atomic E-state index is 11.9. The van der Waals surface area contributed by atoms with E-state index in [4.69, 9.17) is 11.6 Å². The van der Waals surface area contributed by atoms with E-state index in [2.05, 4.69) is 15.5 Å². The van der Waals surface area contributed by atoms with Crippen LogP contribution in [0.4, 0.5) is 5.13 Å². The lowest BCUT2D eigenvalue weighted by molar-refractivity contribution is -0.117. The molecule has 0 radical (unpaired) electrons. The van der Waals surface area contributed by atoms with Crippen molar-refractivity contribution in [3.63, 3.8) is 0 Å². The van der Waals surface area contributed by atoms with Gasteiger partial charge in [0.1, 0.15) is 0 Å². The molecule has 2 N–H and O–H groups in total. The molecule has 0 unspecified atom stereocenters. The molecule has 2 aromatic rings. The average molecular weight is 361 g/mol. The van der Waals surface area contributed by atoms with Crippen molar-refractivity contribution < 1.29 is 18.0 Å². The van der Waals surface area contributed by atoms with Crippen LogP contribution in [0.25, 0.3) is 0 Å². The van der Waals surface area contributed by atoms with Crippen LogP contribution in [0, 0.1) is 0 Å². The highest BCUT2D eigenvalue weighted by atomic mass is 35.5. The van der Waals surface area contributed by atoms with Gasteiger partial charge in [0.2, 0.25) is 11.0 Å². The van der Waals surface area contributed by atoms with Gasteiger partial charge in [-0.05, 0) is 24.3 Å². The highest BCUT2D eigenvalue weighted by Crippen LogP contribution is 2.20. The zero-order valence-corrected chi connectivity index (χ0v) is 13.4. The number of benzene rings is 1. The first-order valence-electron chi connectivity index (χ1n) is 5.72. The van der Waals surface area contributed by atoms with Crippen molar-refractivity contribution in [2.24, 2.45) is 0 Å². The van der Waals surface area contributed by atoms with Gasteiger partial charge in [-0.2, -0.15) is 8.42 Å². The number of halogens is 1. The number of hydrogen-bond acceptors (Lipinski definition) is 7. The van der Waals surface area contributed by atoms with E-state index in [0.29, 0.717) is 21.9 Å². The molecule has 2 amide bonds. The molecule has 0 saturated carbocycles. The molecule has 0 bridgehead atoms. The molecular weight excluding hydrogens is 352 g/mol. The first-order chi connectivity index (χ1) is 10.3. The molecular formula is C11H9ClN4O4S2. The summed E-state index contributed by atoms with van der Waals surface area (Å²) >= 11 is 6.34. The number of aromatic nitrogens is 2. The van der Waals surface area contributed by atoms with E-state index in [0.717, 1.165) is 6.92 Å². The SMILES string of the molecule is CC(=O)NS(=O)(=O)c1nnc(NC(=O)c2ccc(Cl)cc2)s1. The minimum atomic E-state index is -4.07. The van der Waals surface area contributed by atoms with Crippen LogP contribution in [0.5, 0.6) is 0 Å². The number of carbonyl (C=O) groups excluding carboxylic acids is 2. The molecule has 0 atom stereocenters. The second-order valence-electron chi connectivity index (χ2n) is 4.00. The zero-order valence-electron chi connectivity index (χ0n) is 11.0. The fourth-order valence-corrected chi connectivity index (χ4v) is 3.39. The number of nitrogens with one attached hydrogen (secondary N) is 2. The van der Waals surface area contributed by atoms with Crippen molar-refractivity contribution in [2.75, 3.05) is 5.32 Å². The molecule has 2 rings (SSSR count). The maximum absolute atomic E-state index is 11.9. The van der Waals surface area contributed by atoms with Gasteiger partial charge in [-0.1, -0.05) is 22.9 Å². The van der Waals surface area contributed by atoms with Gasteiger partial charge in [-0.3, -0.25) is 14.9 Å². The van der Waals surface area contributed by atoms with Gasteiger partial charge in [0, 0.05) is 17.5 Å². The molecule has 1 heterocycles. The molecule has 0 aliphatic heterocycles. The van der Waals surface area contributed by atoms with Gasteiger partial charge in [0.15, 0.2) is 0 Å². The van der Waals surface area contributed by atoms with Gasteiger partial charge in [0.25, 0.3) is 20.3 Å². The van der Waals surface area contributed by atoms with Gasteiger partial charge >= 0.3 is 0 Å². The Hall–Kier alpha value is -2.04. The summed E-state index contributed by atoms with van der Waals surface area (Å²) in [5, 5.41) is 9.87. The molecule has 116 valence electrons. The van der Waals surface area contributed by atoms with E-state index < -0.39 is 26.2 Å². The Morgan fingerprint density at radius 1 is 1.18 bits per heavy atom. The second kappa shape index (κ2) is 6.38. The Morgan fingerprint density at radius 2 is 1.82 bits per heavy atom. The summed E-state index contributed by atoms with van der Waals surface area (Å²) in [7, 11) is -4.07. The standard InChI is InChI=1S/C11H9ClN4O4S2/c1-6(17)16-22(19,20)11-15-14-10(21-11)13-9(18)7-2-4-8(12)5-3-7/h2-5H,1H3,(H,16,17)(H,13,14,18). The Balaban J connectivity index is 2.14. The number of sulfonamides is 1. The molecule has 0 saturated heterocycles. The van der Waals surface area contributed by atoms with Gasteiger partial charge in [-0.15, -0.1) is 10.2 Å². The van der Waals surface area contributed by atoms with E-state index in [9.17, 15) is 18.0 Å². The van der Waals surface area contributed by atoms with E-state index in [1.54, 1.807) is 16.9 Å². The lowest BCUT2D eigenvalue weighted by Crippen LogP contribution is -2.28. The minimum Gasteiger partial charge on any atom is -0.296 e. The number of hydrogen-bond donors (Lipinski definition) is 2. The monoisotopic (exact) mass is 360 g/mol. The predicted molar refractivity (Wildman–Crippen MR) is 80.3 cm³/mol. The van der Waals surface area contributed by atoms with Crippen molar-refractivity contribution in [3.8, 4) is 0 Å². The molecule has 0 aliphatic rings.